The Balaban J connectivity index is 2.81. The molecule has 5 nitrogen and oxygen atoms in total. The van der Waals surface area contributed by atoms with Crippen molar-refractivity contribution in [2.45, 2.75) is 6.92 Å². The molecule has 0 amide bonds. The van der Waals surface area contributed by atoms with Gasteiger partial charge in [-0.1, -0.05) is 23.2 Å². The Morgan fingerprint density at radius 1 is 1.37 bits per heavy atom. The molecule has 0 fully saturated rings. The molecule has 104 valence electrons. The maximum absolute atomic E-state index is 11.7. The zero-order chi connectivity index (χ0) is 14.4. The molecule has 0 spiro atoms. The zero-order valence-electron chi connectivity index (χ0n) is 11.0. The van der Waals surface area contributed by atoms with Crippen molar-refractivity contribution in [2.24, 2.45) is 0 Å². The van der Waals surface area contributed by atoms with Gasteiger partial charge in [0.15, 0.2) is 0 Å². The fraction of sp³-hybridized carbons (Fsp3) is 0.333. The van der Waals surface area contributed by atoms with Crippen molar-refractivity contribution >= 4 is 40.7 Å². The lowest BCUT2D eigenvalue weighted by molar-refractivity contribution is -0.466. The molecule has 19 heavy (non-hydrogen) atoms. The van der Waals surface area contributed by atoms with Gasteiger partial charge in [0.1, 0.15) is 0 Å². The van der Waals surface area contributed by atoms with Crippen LogP contribution in [0.5, 0.6) is 0 Å². The van der Waals surface area contributed by atoms with Crippen LogP contribution in [0.4, 0.5) is 5.69 Å². The molecule has 0 bridgehead atoms. The first-order valence-electron chi connectivity index (χ1n) is 5.64. The first kappa shape index (κ1) is 15.6. The highest BCUT2D eigenvalue weighted by molar-refractivity contribution is 6.36. The Morgan fingerprint density at radius 3 is 2.63 bits per heavy atom. The molecule has 0 aliphatic rings. The minimum absolute atomic E-state index is 0.262. The second-order valence-electron chi connectivity index (χ2n) is 3.84. The van der Waals surface area contributed by atoms with E-state index in [9.17, 15) is 4.79 Å². The number of anilines is 1. The van der Waals surface area contributed by atoms with Crippen LogP contribution in [0.2, 0.25) is 10.0 Å². The summed E-state index contributed by atoms with van der Waals surface area (Å²) in [4.78, 5) is 11.7. The van der Waals surface area contributed by atoms with Crippen LogP contribution in [0.1, 0.15) is 6.92 Å². The van der Waals surface area contributed by atoms with E-state index in [1.165, 1.54) is 0 Å². The molecule has 0 aromatic heterocycles. The first-order valence-corrected chi connectivity index (χ1v) is 6.39. The monoisotopic (exact) mass is 304 g/mol. The number of hydrogen-bond acceptors (Lipinski definition) is 3. The lowest BCUT2D eigenvalue weighted by atomic mass is 10.3. The maximum atomic E-state index is 11.7. The van der Waals surface area contributed by atoms with Crippen LogP contribution < -0.4 is 10.9 Å². The summed E-state index contributed by atoms with van der Waals surface area (Å²) in [7, 11) is 3.45. The lowest BCUT2D eigenvalue weighted by Gasteiger charge is -2.08. The number of nitrogens with zero attached hydrogens (tertiary/aromatic N) is 1. The molecule has 0 radical (unpaired) electrons. The van der Waals surface area contributed by atoms with Crippen molar-refractivity contribution in [3.05, 3.63) is 28.2 Å². The number of carbonyl (C=O) groups excluding carboxylic acids is 1. The molecular formula is C12H16Cl2N3O2+. The topological polar surface area (TPSA) is 53.4 Å². The van der Waals surface area contributed by atoms with Gasteiger partial charge in [0, 0.05) is 5.02 Å². The van der Waals surface area contributed by atoms with Gasteiger partial charge in [-0.2, -0.15) is 5.43 Å². The molecule has 0 saturated carbocycles. The number of halogens is 2. The van der Waals surface area contributed by atoms with Gasteiger partial charge in [0.05, 0.1) is 31.4 Å². The third-order valence-corrected chi connectivity index (χ3v) is 2.72. The Hall–Kier alpha value is -1.46. The molecule has 7 heteroatoms. The number of amidine groups is 1. The van der Waals surface area contributed by atoms with Gasteiger partial charge in [-0.25, -0.2) is 10.2 Å². The van der Waals surface area contributed by atoms with Crippen LogP contribution in [-0.2, 0) is 9.53 Å². The van der Waals surface area contributed by atoms with Gasteiger partial charge in [0.2, 0.25) is 0 Å². The van der Waals surface area contributed by atoms with E-state index in [0.717, 1.165) is 0 Å². The normalized spacial score (nSPS) is 9.74. The quantitative estimate of drug-likeness (QED) is 0.295. The van der Waals surface area contributed by atoms with Crippen LogP contribution in [0.3, 0.4) is 0 Å². The molecule has 0 aliphatic carbocycles. The number of esters is 1. The predicted molar refractivity (Wildman–Crippen MR) is 77.0 cm³/mol. The van der Waals surface area contributed by atoms with Gasteiger partial charge >= 0.3 is 11.8 Å². The fourth-order valence-corrected chi connectivity index (χ4v) is 1.60. The highest BCUT2D eigenvalue weighted by Crippen LogP contribution is 2.24. The third-order valence-electron chi connectivity index (χ3n) is 2.16. The number of carbonyl (C=O) groups is 1. The maximum Gasteiger partial charge on any atom is 0.423 e. The van der Waals surface area contributed by atoms with E-state index in [0.29, 0.717) is 22.3 Å². The van der Waals surface area contributed by atoms with E-state index in [1.807, 2.05) is 0 Å². The zero-order valence-corrected chi connectivity index (χ0v) is 12.5. The minimum atomic E-state index is -0.460. The van der Waals surface area contributed by atoms with Gasteiger partial charge in [0.25, 0.3) is 0 Å². The second-order valence-corrected chi connectivity index (χ2v) is 4.68. The van der Waals surface area contributed by atoms with Crippen molar-refractivity contribution in [2.75, 3.05) is 26.1 Å². The van der Waals surface area contributed by atoms with Gasteiger partial charge in [-0.15, -0.1) is 0 Å². The van der Waals surface area contributed by atoms with E-state index in [1.54, 1.807) is 43.8 Å². The summed E-state index contributed by atoms with van der Waals surface area (Å²) in [6.45, 7) is 2.04. The average molecular weight is 305 g/mol. The summed E-state index contributed by atoms with van der Waals surface area (Å²) < 4.78 is 6.53. The predicted octanol–water partition coefficient (Wildman–Crippen LogP) is 2.14. The molecule has 0 unspecified atom stereocenters. The van der Waals surface area contributed by atoms with Crippen LogP contribution in [0.25, 0.3) is 0 Å². The first-order chi connectivity index (χ1) is 8.95. The highest BCUT2D eigenvalue weighted by atomic mass is 35.5. The summed E-state index contributed by atoms with van der Waals surface area (Å²) in [5.41, 5.74) is 6.16. The van der Waals surface area contributed by atoms with Crippen LogP contribution in [-0.4, -0.2) is 37.1 Å². The van der Waals surface area contributed by atoms with Crippen LogP contribution in [0, 0.1) is 0 Å². The number of hydrazine groups is 1. The molecule has 0 heterocycles. The Morgan fingerprint density at radius 2 is 2.05 bits per heavy atom. The minimum Gasteiger partial charge on any atom is -0.457 e. The van der Waals surface area contributed by atoms with Gasteiger partial charge < -0.3 is 4.74 Å². The third kappa shape index (κ3) is 4.61. The number of ether oxygens (including phenoxy) is 1. The van der Waals surface area contributed by atoms with Crippen molar-refractivity contribution in [3.8, 4) is 0 Å². The van der Waals surface area contributed by atoms with Crippen LogP contribution >= 0.6 is 23.2 Å². The van der Waals surface area contributed by atoms with Crippen molar-refractivity contribution in [3.63, 3.8) is 0 Å². The molecular weight excluding hydrogens is 289 g/mol. The molecule has 1 rings (SSSR count). The molecule has 2 N–H and O–H groups in total. The van der Waals surface area contributed by atoms with Gasteiger partial charge in [-0.3, -0.25) is 4.58 Å². The van der Waals surface area contributed by atoms with Crippen molar-refractivity contribution < 1.29 is 14.1 Å². The number of nitrogens with one attached hydrogen (secondary N) is 2. The summed E-state index contributed by atoms with van der Waals surface area (Å²) in [5, 5.41) is 1.02. The summed E-state index contributed by atoms with van der Waals surface area (Å²) >= 11 is 11.9. The summed E-state index contributed by atoms with van der Waals surface area (Å²) in [6, 6.07) is 4.99. The summed E-state index contributed by atoms with van der Waals surface area (Å²) in [6.07, 6.45) is 0. The largest absolute Gasteiger partial charge is 0.457 e. The van der Waals surface area contributed by atoms with E-state index >= 15 is 0 Å². The molecule has 0 aliphatic heterocycles. The smallest absolute Gasteiger partial charge is 0.423 e. The molecule has 0 atom stereocenters. The Labute approximate surface area is 122 Å². The second kappa shape index (κ2) is 7.21. The molecule has 1 aromatic carbocycles. The molecule has 0 saturated heterocycles. The van der Waals surface area contributed by atoms with E-state index in [-0.39, 0.29) is 5.84 Å². The highest BCUT2D eigenvalue weighted by Gasteiger charge is 2.21. The SMILES string of the molecule is CCOC(=O)C(NNc1cc(Cl)ccc1Cl)=[N+](C)C. The van der Waals surface area contributed by atoms with E-state index < -0.39 is 5.97 Å². The summed E-state index contributed by atoms with van der Waals surface area (Å²) in [5.74, 6) is -0.198. The standard InChI is InChI=1S/C12H15Cl2N3O2/c1-4-19-12(18)11(17(2)3)16-15-10-7-8(13)5-6-9(10)14/h5-7H,4H2,1-3H3,(H,15,18)/p+1. The van der Waals surface area contributed by atoms with Crippen molar-refractivity contribution in [1.29, 1.82) is 0 Å². The Kier molecular flexibility index (Phi) is 5.92. The van der Waals surface area contributed by atoms with Crippen LogP contribution in [0.15, 0.2) is 18.2 Å². The lowest BCUT2D eigenvalue weighted by Crippen LogP contribution is -2.42. The van der Waals surface area contributed by atoms with E-state index in [2.05, 4.69) is 10.9 Å². The van der Waals surface area contributed by atoms with Crippen molar-refractivity contribution in [1.82, 2.24) is 5.43 Å². The number of benzene rings is 1. The number of rotatable bonds is 3. The Bertz CT molecular complexity index is 500. The number of hydrogen-bond donors (Lipinski definition) is 2. The fourth-order valence-electron chi connectivity index (χ4n) is 1.26. The van der Waals surface area contributed by atoms with E-state index in [4.69, 9.17) is 27.9 Å². The van der Waals surface area contributed by atoms with Gasteiger partial charge in [-0.05, 0) is 25.1 Å². The average Bonchev–Trinajstić information content (AvgIpc) is 2.33. The molecule has 1 aromatic rings.